The van der Waals surface area contributed by atoms with Gasteiger partial charge < -0.3 is 9.84 Å². The summed E-state index contributed by atoms with van der Waals surface area (Å²) in [6.45, 7) is -0.0731. The van der Waals surface area contributed by atoms with E-state index >= 15 is 0 Å². The zero-order valence-corrected chi connectivity index (χ0v) is 9.99. The van der Waals surface area contributed by atoms with E-state index in [2.05, 4.69) is 11.1 Å². The molecule has 0 aliphatic heterocycles. The molecule has 86 valence electrons. The number of benzene rings is 1. The highest BCUT2D eigenvalue weighted by molar-refractivity contribution is 7.13. The average Bonchev–Trinajstić information content (AvgIpc) is 2.82. The van der Waals surface area contributed by atoms with Crippen LogP contribution in [0.2, 0.25) is 0 Å². The summed E-state index contributed by atoms with van der Waals surface area (Å²) >= 11 is 1.32. The highest BCUT2D eigenvalue weighted by Gasteiger charge is 2.12. The van der Waals surface area contributed by atoms with Crippen molar-refractivity contribution >= 4 is 11.3 Å². The zero-order chi connectivity index (χ0) is 12.3. The molecular formula is C12H10N2O2S. The standard InChI is InChI=1S/C12H10N2O2S/c1-16-12-14-11(10(7-15)17-12)9-4-2-8(6-13)3-5-9/h2-5,15H,7H2,1H3. The topological polar surface area (TPSA) is 66.1 Å². The fourth-order valence-corrected chi connectivity index (χ4v) is 2.21. The molecule has 2 aromatic rings. The predicted octanol–water partition coefficient (Wildman–Crippen LogP) is 2.18. The fourth-order valence-electron chi connectivity index (χ4n) is 1.45. The Morgan fingerprint density at radius 1 is 1.41 bits per heavy atom. The van der Waals surface area contributed by atoms with Gasteiger partial charge in [0.05, 0.1) is 35.9 Å². The minimum absolute atomic E-state index is 0.0731. The van der Waals surface area contributed by atoms with Crippen molar-refractivity contribution in [3.05, 3.63) is 34.7 Å². The largest absolute Gasteiger partial charge is 0.473 e. The molecule has 4 nitrogen and oxygen atoms in total. The van der Waals surface area contributed by atoms with Gasteiger partial charge in [0.1, 0.15) is 0 Å². The molecule has 1 aromatic heterocycles. The molecule has 0 saturated carbocycles. The lowest BCUT2D eigenvalue weighted by Gasteiger charge is -1.99. The summed E-state index contributed by atoms with van der Waals surface area (Å²) in [5, 5.41) is 18.5. The maximum atomic E-state index is 9.25. The third kappa shape index (κ3) is 2.28. The number of nitrogens with zero attached hydrogens (tertiary/aromatic N) is 2. The molecule has 2 rings (SSSR count). The first-order valence-electron chi connectivity index (χ1n) is 4.93. The van der Waals surface area contributed by atoms with E-state index in [0.717, 1.165) is 10.4 Å². The van der Waals surface area contributed by atoms with Crippen LogP contribution in [0.1, 0.15) is 10.4 Å². The van der Waals surface area contributed by atoms with Gasteiger partial charge in [0.2, 0.25) is 0 Å². The highest BCUT2D eigenvalue weighted by atomic mass is 32.1. The monoisotopic (exact) mass is 246 g/mol. The van der Waals surface area contributed by atoms with Crippen LogP contribution in [0.15, 0.2) is 24.3 Å². The summed E-state index contributed by atoms with van der Waals surface area (Å²) in [5.74, 6) is 0. The van der Waals surface area contributed by atoms with Crippen LogP contribution < -0.4 is 4.74 Å². The van der Waals surface area contributed by atoms with Crippen molar-refractivity contribution < 1.29 is 9.84 Å². The summed E-state index contributed by atoms with van der Waals surface area (Å²) < 4.78 is 5.05. The Morgan fingerprint density at radius 2 is 2.12 bits per heavy atom. The van der Waals surface area contributed by atoms with Crippen molar-refractivity contribution in [2.75, 3.05) is 7.11 Å². The Labute approximate surface area is 103 Å². The van der Waals surface area contributed by atoms with Crippen LogP contribution >= 0.6 is 11.3 Å². The molecule has 1 N–H and O–H groups in total. The molecule has 17 heavy (non-hydrogen) atoms. The fraction of sp³-hybridized carbons (Fsp3) is 0.167. The molecule has 0 bridgehead atoms. The number of nitriles is 1. The smallest absolute Gasteiger partial charge is 0.273 e. The summed E-state index contributed by atoms with van der Waals surface area (Å²) in [6.07, 6.45) is 0. The van der Waals surface area contributed by atoms with E-state index in [1.165, 1.54) is 11.3 Å². The molecule has 0 saturated heterocycles. The minimum Gasteiger partial charge on any atom is -0.473 e. The molecule has 5 heteroatoms. The van der Waals surface area contributed by atoms with Gasteiger partial charge in [0.25, 0.3) is 5.19 Å². The van der Waals surface area contributed by atoms with Gasteiger partial charge >= 0.3 is 0 Å². The number of rotatable bonds is 3. The van der Waals surface area contributed by atoms with Gasteiger partial charge in [-0.15, -0.1) is 0 Å². The lowest BCUT2D eigenvalue weighted by molar-refractivity contribution is 0.286. The van der Waals surface area contributed by atoms with Gasteiger partial charge in [-0.05, 0) is 12.1 Å². The third-order valence-electron chi connectivity index (χ3n) is 2.28. The third-order valence-corrected chi connectivity index (χ3v) is 3.28. The van der Waals surface area contributed by atoms with Crippen LogP contribution in [0.5, 0.6) is 5.19 Å². The molecule has 0 unspecified atom stereocenters. The van der Waals surface area contributed by atoms with Gasteiger partial charge in [-0.3, -0.25) is 0 Å². The highest BCUT2D eigenvalue weighted by Crippen LogP contribution is 2.32. The second kappa shape index (κ2) is 4.95. The van der Waals surface area contributed by atoms with Crippen molar-refractivity contribution in [2.24, 2.45) is 0 Å². The van der Waals surface area contributed by atoms with Crippen molar-refractivity contribution in [3.8, 4) is 22.5 Å². The Hall–Kier alpha value is -1.90. The number of aromatic nitrogens is 1. The van der Waals surface area contributed by atoms with Gasteiger partial charge in [0, 0.05) is 5.56 Å². The summed E-state index contributed by atoms with van der Waals surface area (Å²) in [5.41, 5.74) is 2.17. The molecule has 0 atom stereocenters. The van der Waals surface area contributed by atoms with Gasteiger partial charge in [-0.25, -0.2) is 4.98 Å². The molecular weight excluding hydrogens is 236 g/mol. The van der Waals surface area contributed by atoms with Gasteiger partial charge in [-0.2, -0.15) is 5.26 Å². The van der Waals surface area contributed by atoms with E-state index in [9.17, 15) is 5.11 Å². The Morgan fingerprint density at radius 3 is 2.65 bits per heavy atom. The number of ether oxygens (including phenoxy) is 1. The molecule has 0 aliphatic carbocycles. The number of aliphatic hydroxyl groups is 1. The lowest BCUT2D eigenvalue weighted by Crippen LogP contribution is -1.86. The van der Waals surface area contributed by atoms with Gasteiger partial charge in [-0.1, -0.05) is 23.5 Å². The van der Waals surface area contributed by atoms with E-state index in [1.807, 2.05) is 12.1 Å². The first kappa shape index (κ1) is 11.6. The number of aliphatic hydroxyl groups excluding tert-OH is 1. The van der Waals surface area contributed by atoms with Crippen LogP contribution in [0.25, 0.3) is 11.3 Å². The minimum atomic E-state index is -0.0731. The van der Waals surface area contributed by atoms with Crippen LogP contribution in [-0.2, 0) is 6.61 Å². The van der Waals surface area contributed by atoms with Crippen molar-refractivity contribution in [1.29, 1.82) is 5.26 Å². The number of thiazole rings is 1. The first-order chi connectivity index (χ1) is 8.28. The molecule has 1 aromatic carbocycles. The van der Waals surface area contributed by atoms with Crippen molar-refractivity contribution in [1.82, 2.24) is 4.98 Å². The molecule has 0 spiro atoms. The number of hydrogen-bond donors (Lipinski definition) is 1. The molecule has 1 heterocycles. The normalized spacial score (nSPS) is 9.94. The average molecular weight is 246 g/mol. The van der Waals surface area contributed by atoms with Gasteiger partial charge in [0.15, 0.2) is 0 Å². The number of methoxy groups -OCH3 is 1. The zero-order valence-electron chi connectivity index (χ0n) is 9.17. The Balaban J connectivity index is 2.44. The van der Waals surface area contributed by atoms with E-state index in [4.69, 9.17) is 10.00 Å². The van der Waals surface area contributed by atoms with Crippen molar-refractivity contribution in [3.63, 3.8) is 0 Å². The first-order valence-corrected chi connectivity index (χ1v) is 5.75. The lowest BCUT2D eigenvalue weighted by atomic mass is 10.1. The molecule has 0 fully saturated rings. The molecule has 0 amide bonds. The van der Waals surface area contributed by atoms with E-state index in [-0.39, 0.29) is 6.61 Å². The second-order valence-electron chi connectivity index (χ2n) is 3.30. The Kier molecular flexibility index (Phi) is 3.38. The summed E-state index contributed by atoms with van der Waals surface area (Å²) in [6, 6.07) is 9.13. The van der Waals surface area contributed by atoms with E-state index < -0.39 is 0 Å². The maximum Gasteiger partial charge on any atom is 0.273 e. The van der Waals surface area contributed by atoms with Crippen LogP contribution in [0, 0.1) is 11.3 Å². The van der Waals surface area contributed by atoms with E-state index in [1.54, 1.807) is 19.2 Å². The summed E-state index contributed by atoms with van der Waals surface area (Å²) in [7, 11) is 1.54. The van der Waals surface area contributed by atoms with Crippen LogP contribution in [-0.4, -0.2) is 17.2 Å². The van der Waals surface area contributed by atoms with Crippen LogP contribution in [0.4, 0.5) is 0 Å². The van der Waals surface area contributed by atoms with Crippen molar-refractivity contribution in [2.45, 2.75) is 6.61 Å². The predicted molar refractivity (Wildman–Crippen MR) is 64.7 cm³/mol. The SMILES string of the molecule is COc1nc(-c2ccc(C#N)cc2)c(CO)s1. The molecule has 0 aliphatic rings. The summed E-state index contributed by atoms with van der Waals surface area (Å²) in [4.78, 5) is 5.03. The van der Waals surface area contributed by atoms with E-state index in [0.29, 0.717) is 16.5 Å². The molecule has 0 radical (unpaired) electrons. The Bertz CT molecular complexity index is 555. The van der Waals surface area contributed by atoms with Crippen LogP contribution in [0.3, 0.4) is 0 Å². The maximum absolute atomic E-state index is 9.25. The number of hydrogen-bond acceptors (Lipinski definition) is 5. The quantitative estimate of drug-likeness (QED) is 0.901. The second-order valence-corrected chi connectivity index (χ2v) is 4.35.